The molecule has 0 amide bonds. The first-order valence-electron chi connectivity index (χ1n) is 7.60. The van der Waals surface area contributed by atoms with E-state index in [1.165, 1.54) is 17.5 Å². The third-order valence-electron chi connectivity index (χ3n) is 4.05. The molecule has 1 fully saturated rings. The van der Waals surface area contributed by atoms with Gasteiger partial charge in [-0.25, -0.2) is 13.2 Å². The molecule has 3 rings (SSSR count). The summed E-state index contributed by atoms with van der Waals surface area (Å²) < 4.78 is 31.8. The van der Waals surface area contributed by atoms with E-state index in [9.17, 15) is 13.2 Å². The number of halogens is 1. The summed E-state index contributed by atoms with van der Waals surface area (Å²) in [7, 11) is -2.50. The van der Waals surface area contributed by atoms with Gasteiger partial charge in [-0.1, -0.05) is 23.7 Å². The van der Waals surface area contributed by atoms with E-state index in [-0.39, 0.29) is 9.77 Å². The summed E-state index contributed by atoms with van der Waals surface area (Å²) in [5.41, 5.74) is 0.895. The van der Waals surface area contributed by atoms with Crippen LogP contribution in [0.3, 0.4) is 0 Å². The largest absolute Gasteiger partial charge is 0.465 e. The zero-order chi connectivity index (χ0) is 18.0. The van der Waals surface area contributed by atoms with Gasteiger partial charge in [-0.2, -0.15) is 4.31 Å². The summed E-state index contributed by atoms with van der Waals surface area (Å²) in [4.78, 5) is 14.0. The molecule has 0 unspecified atom stereocenters. The number of methoxy groups -OCH3 is 1. The van der Waals surface area contributed by atoms with E-state index in [1.54, 1.807) is 5.38 Å². The Kier molecular flexibility index (Phi) is 5.33. The third-order valence-corrected chi connectivity index (χ3v) is 7.33. The summed E-state index contributed by atoms with van der Waals surface area (Å²) in [5, 5.41) is 2.23. The van der Waals surface area contributed by atoms with Crippen LogP contribution in [-0.2, 0) is 14.8 Å². The Morgan fingerprint density at radius 2 is 1.84 bits per heavy atom. The number of hydrogen-bond donors (Lipinski definition) is 0. The lowest BCUT2D eigenvalue weighted by molar-refractivity contribution is 0.0602. The molecule has 25 heavy (non-hydrogen) atoms. The fourth-order valence-electron chi connectivity index (χ4n) is 2.76. The molecule has 9 heteroatoms. The second-order valence-corrected chi connectivity index (χ2v) is 8.68. The quantitative estimate of drug-likeness (QED) is 0.738. The molecule has 1 aromatic carbocycles. The summed E-state index contributed by atoms with van der Waals surface area (Å²) in [6.45, 7) is 1.70. The highest BCUT2D eigenvalue weighted by atomic mass is 35.5. The number of thiophene rings is 1. The first-order valence-corrected chi connectivity index (χ1v) is 10.3. The van der Waals surface area contributed by atoms with Crippen molar-refractivity contribution >= 4 is 44.6 Å². The molecule has 6 nitrogen and oxygen atoms in total. The van der Waals surface area contributed by atoms with E-state index in [0.29, 0.717) is 31.2 Å². The number of para-hydroxylation sites is 1. The minimum atomic E-state index is -3.74. The second kappa shape index (κ2) is 7.33. The van der Waals surface area contributed by atoms with E-state index in [1.807, 2.05) is 24.3 Å². The van der Waals surface area contributed by atoms with Crippen molar-refractivity contribution in [3.05, 3.63) is 45.6 Å². The van der Waals surface area contributed by atoms with Gasteiger partial charge in [-0.3, -0.25) is 0 Å². The van der Waals surface area contributed by atoms with Gasteiger partial charge in [0.25, 0.3) is 0 Å². The fraction of sp³-hybridized carbons (Fsp3) is 0.312. The average molecular weight is 401 g/mol. The monoisotopic (exact) mass is 400 g/mol. The van der Waals surface area contributed by atoms with Crippen molar-refractivity contribution < 1.29 is 17.9 Å². The highest BCUT2D eigenvalue weighted by Crippen LogP contribution is 2.29. The Bertz CT molecular complexity index is 874. The van der Waals surface area contributed by atoms with Gasteiger partial charge in [0.1, 0.15) is 9.77 Å². The lowest BCUT2D eigenvalue weighted by Crippen LogP contribution is -2.48. The number of benzene rings is 1. The van der Waals surface area contributed by atoms with E-state index in [4.69, 9.17) is 11.6 Å². The predicted molar refractivity (Wildman–Crippen MR) is 98.1 cm³/mol. The molecule has 1 aliphatic rings. The Morgan fingerprint density at radius 3 is 2.48 bits per heavy atom. The molecule has 1 aromatic heterocycles. The molecule has 0 spiro atoms. The Hall–Kier alpha value is -1.61. The van der Waals surface area contributed by atoms with E-state index in [0.717, 1.165) is 17.0 Å². The Balaban J connectivity index is 1.78. The van der Waals surface area contributed by atoms with Crippen molar-refractivity contribution in [2.45, 2.75) is 4.90 Å². The molecule has 1 saturated heterocycles. The van der Waals surface area contributed by atoms with Crippen molar-refractivity contribution in [3.8, 4) is 0 Å². The standard InChI is InChI=1S/C16H17ClN2O4S2/c1-23-16(20)15-14(6-11-24-15)25(21,22)19-9-7-18(8-10-19)13-5-3-2-4-12(13)17/h2-6,11H,7-10H2,1H3. The first-order chi connectivity index (χ1) is 11.9. The predicted octanol–water partition coefficient (Wildman–Crippen LogP) is 2.70. The third kappa shape index (κ3) is 3.52. The molecule has 134 valence electrons. The first kappa shape index (κ1) is 18.2. The number of esters is 1. The van der Waals surface area contributed by atoms with E-state index < -0.39 is 16.0 Å². The summed E-state index contributed by atoms with van der Waals surface area (Å²) >= 11 is 7.28. The molecular formula is C16H17ClN2O4S2. The maximum absolute atomic E-state index is 12.9. The number of hydrogen-bond acceptors (Lipinski definition) is 6. The second-order valence-electron chi connectivity index (χ2n) is 5.45. The lowest BCUT2D eigenvalue weighted by Gasteiger charge is -2.35. The van der Waals surface area contributed by atoms with Gasteiger partial charge in [-0.15, -0.1) is 11.3 Å². The highest BCUT2D eigenvalue weighted by molar-refractivity contribution is 7.89. The van der Waals surface area contributed by atoms with Gasteiger partial charge in [0, 0.05) is 26.2 Å². The van der Waals surface area contributed by atoms with Gasteiger partial charge in [-0.05, 0) is 23.6 Å². The molecule has 0 N–H and O–H groups in total. The molecule has 0 aliphatic carbocycles. The summed E-state index contributed by atoms with van der Waals surface area (Å²) in [6, 6.07) is 8.94. The number of carbonyl (C=O) groups is 1. The molecule has 0 saturated carbocycles. The van der Waals surface area contributed by atoms with Gasteiger partial charge < -0.3 is 9.64 Å². The van der Waals surface area contributed by atoms with Crippen LogP contribution < -0.4 is 4.90 Å². The minimum Gasteiger partial charge on any atom is -0.465 e. The van der Waals surface area contributed by atoms with Crippen molar-refractivity contribution in [2.24, 2.45) is 0 Å². The molecule has 0 atom stereocenters. The lowest BCUT2D eigenvalue weighted by atomic mass is 10.2. The fourth-order valence-corrected chi connectivity index (χ4v) is 5.74. The maximum atomic E-state index is 12.9. The number of carbonyl (C=O) groups excluding carboxylic acids is 1. The number of ether oxygens (including phenoxy) is 1. The molecule has 1 aliphatic heterocycles. The Labute approximate surface area is 155 Å². The van der Waals surface area contributed by atoms with Gasteiger partial charge in [0.2, 0.25) is 10.0 Å². The molecule has 0 radical (unpaired) electrons. The number of rotatable bonds is 4. The minimum absolute atomic E-state index is 0.00976. The van der Waals surface area contributed by atoms with Crippen LogP contribution in [0.4, 0.5) is 5.69 Å². The molecule has 0 bridgehead atoms. The van der Waals surface area contributed by atoms with Gasteiger partial charge in [0.15, 0.2) is 0 Å². The Morgan fingerprint density at radius 1 is 1.16 bits per heavy atom. The maximum Gasteiger partial charge on any atom is 0.349 e. The van der Waals surface area contributed by atoms with Gasteiger partial charge >= 0.3 is 5.97 Å². The molecular weight excluding hydrogens is 384 g/mol. The molecule has 2 aromatic rings. The van der Waals surface area contributed by atoms with Gasteiger partial charge in [0.05, 0.1) is 17.8 Å². The van der Waals surface area contributed by atoms with Crippen LogP contribution in [-0.4, -0.2) is 52.0 Å². The SMILES string of the molecule is COC(=O)c1sccc1S(=O)(=O)N1CCN(c2ccccc2Cl)CC1. The van der Waals surface area contributed by atoms with Crippen molar-refractivity contribution in [1.82, 2.24) is 4.31 Å². The molecule has 2 heterocycles. The smallest absolute Gasteiger partial charge is 0.349 e. The number of piperazine rings is 1. The zero-order valence-electron chi connectivity index (χ0n) is 13.5. The summed E-state index contributed by atoms with van der Waals surface area (Å²) in [6.07, 6.45) is 0. The van der Waals surface area contributed by atoms with Crippen molar-refractivity contribution in [1.29, 1.82) is 0 Å². The summed E-state index contributed by atoms with van der Waals surface area (Å²) in [5.74, 6) is -0.636. The topological polar surface area (TPSA) is 66.9 Å². The highest BCUT2D eigenvalue weighted by Gasteiger charge is 2.33. The number of anilines is 1. The van der Waals surface area contributed by atoms with Crippen molar-refractivity contribution in [3.63, 3.8) is 0 Å². The van der Waals surface area contributed by atoms with Crippen LogP contribution in [0.2, 0.25) is 5.02 Å². The van der Waals surface area contributed by atoms with Crippen LogP contribution in [0.15, 0.2) is 40.6 Å². The van der Waals surface area contributed by atoms with Crippen LogP contribution >= 0.6 is 22.9 Å². The zero-order valence-corrected chi connectivity index (χ0v) is 15.9. The van der Waals surface area contributed by atoms with Crippen molar-refractivity contribution in [2.75, 3.05) is 38.2 Å². The van der Waals surface area contributed by atoms with Crippen LogP contribution in [0.5, 0.6) is 0 Å². The number of nitrogens with zero attached hydrogens (tertiary/aromatic N) is 2. The number of sulfonamides is 1. The van der Waals surface area contributed by atoms with Crippen LogP contribution in [0, 0.1) is 0 Å². The normalized spacial score (nSPS) is 16.0. The van der Waals surface area contributed by atoms with E-state index >= 15 is 0 Å². The van der Waals surface area contributed by atoms with Crippen LogP contribution in [0.1, 0.15) is 9.67 Å². The van der Waals surface area contributed by atoms with Crippen LogP contribution in [0.25, 0.3) is 0 Å². The van der Waals surface area contributed by atoms with E-state index in [2.05, 4.69) is 9.64 Å². The average Bonchev–Trinajstić information content (AvgIpc) is 3.12.